The topological polar surface area (TPSA) is 93.1 Å². The lowest BCUT2D eigenvalue weighted by Crippen LogP contribution is -2.86. The highest BCUT2D eigenvalue weighted by Gasteiger charge is 2.58. The molecule has 1 aliphatic rings. The molecule has 1 N–H and O–H groups in total. The molecule has 4 rings (SSSR count). The highest BCUT2D eigenvalue weighted by atomic mass is 32.1. The standard InChI is InChI=1S/C17H26B8N6O2S/c1-7-29-30-12(34-7)8-2-3-9-5-26-13(27-10(9)4-8)28-11(32)6-31-14(18,19)16(22,23)33-17(24,25)15(31,20)21/h2-5H,6,18-25H2,1H3,(H,26,27,28,32). The molecule has 1 fully saturated rings. The monoisotopic (exact) mass is 466 g/mol. The summed E-state index contributed by atoms with van der Waals surface area (Å²) in [6.07, 6.45) is 1.72. The summed E-state index contributed by atoms with van der Waals surface area (Å²) in [7, 11) is 16.8. The molecule has 0 aliphatic carbocycles. The number of fused-ring (bicyclic) bond motifs is 1. The van der Waals surface area contributed by atoms with Gasteiger partial charge in [0.1, 0.15) is 72.8 Å². The Morgan fingerprint density at radius 3 is 2.29 bits per heavy atom. The molecule has 34 heavy (non-hydrogen) atoms. The minimum Gasteiger partial charge on any atom is -0.403 e. The molecule has 2 aromatic heterocycles. The zero-order chi connectivity index (χ0) is 25.1. The lowest BCUT2D eigenvalue weighted by molar-refractivity contribution is -0.131. The van der Waals surface area contributed by atoms with Gasteiger partial charge in [0.05, 0.1) is 12.1 Å². The molecule has 166 valence electrons. The molecule has 1 aliphatic heterocycles. The van der Waals surface area contributed by atoms with E-state index >= 15 is 0 Å². The molecule has 0 radical (unpaired) electrons. The molecule has 17 heteroatoms. The third kappa shape index (κ3) is 4.26. The van der Waals surface area contributed by atoms with E-state index in [-0.39, 0.29) is 29.1 Å². The molecular weight excluding hydrogens is 439 g/mol. The Labute approximate surface area is 211 Å². The minimum absolute atomic E-state index is 0.162. The van der Waals surface area contributed by atoms with Gasteiger partial charge >= 0.3 is 0 Å². The average molecular weight is 465 g/mol. The van der Waals surface area contributed by atoms with E-state index in [0.29, 0.717) is 0 Å². The predicted molar refractivity (Wildman–Crippen MR) is 159 cm³/mol. The van der Waals surface area contributed by atoms with Crippen LogP contribution in [0.3, 0.4) is 0 Å². The van der Waals surface area contributed by atoms with Crippen LogP contribution in [0, 0.1) is 6.92 Å². The summed E-state index contributed by atoms with van der Waals surface area (Å²) in [6.45, 7) is 2.12. The van der Waals surface area contributed by atoms with Crippen LogP contribution < -0.4 is 5.32 Å². The number of hydrogen-bond acceptors (Lipinski definition) is 8. The smallest absolute Gasteiger partial charge is 0.240 e. The van der Waals surface area contributed by atoms with Crippen molar-refractivity contribution in [3.8, 4) is 10.6 Å². The van der Waals surface area contributed by atoms with Crippen LogP contribution in [0.1, 0.15) is 5.01 Å². The number of aromatic nitrogens is 4. The van der Waals surface area contributed by atoms with E-state index in [2.05, 4.69) is 93.2 Å². The number of carbonyl (C=O) groups is 1. The van der Waals surface area contributed by atoms with E-state index in [1.165, 1.54) is 11.3 Å². The fraction of sp³-hybridized carbons (Fsp3) is 0.353. The molecule has 3 heterocycles. The van der Waals surface area contributed by atoms with Crippen molar-refractivity contribution < 1.29 is 9.53 Å². The van der Waals surface area contributed by atoms with E-state index in [4.69, 9.17) is 4.74 Å². The van der Waals surface area contributed by atoms with Crippen LogP contribution in [-0.2, 0) is 9.53 Å². The second-order valence-electron chi connectivity index (χ2n) is 11.0. The maximum Gasteiger partial charge on any atom is 0.240 e. The summed E-state index contributed by atoms with van der Waals surface area (Å²) in [5, 5.41) is 12.2. The Balaban J connectivity index is 1.58. The van der Waals surface area contributed by atoms with Crippen molar-refractivity contribution >= 4 is 96.9 Å². The lowest BCUT2D eigenvalue weighted by atomic mass is 9.30. The zero-order valence-corrected chi connectivity index (χ0v) is 22.3. The van der Waals surface area contributed by atoms with Crippen LogP contribution in [0.25, 0.3) is 21.5 Å². The van der Waals surface area contributed by atoms with E-state index < -0.39 is 10.8 Å². The average Bonchev–Trinajstić information content (AvgIpc) is 3.16. The van der Waals surface area contributed by atoms with Gasteiger partial charge in [-0.2, -0.15) is 0 Å². The highest BCUT2D eigenvalue weighted by Crippen LogP contribution is 2.39. The van der Waals surface area contributed by atoms with Crippen LogP contribution in [0.15, 0.2) is 24.4 Å². The van der Waals surface area contributed by atoms with Gasteiger partial charge in [-0.3, -0.25) is 10.1 Å². The van der Waals surface area contributed by atoms with Crippen molar-refractivity contribution in [2.45, 2.75) is 28.4 Å². The first-order chi connectivity index (χ1) is 15.6. The van der Waals surface area contributed by atoms with E-state index in [1.807, 2.05) is 25.1 Å². The summed E-state index contributed by atoms with van der Waals surface area (Å²) in [5.74, 6) is 0.121. The molecule has 1 aromatic carbocycles. The van der Waals surface area contributed by atoms with Gasteiger partial charge < -0.3 is 9.64 Å². The third-order valence-electron chi connectivity index (χ3n) is 7.72. The maximum absolute atomic E-state index is 13.2. The van der Waals surface area contributed by atoms with Crippen LogP contribution in [0.2, 0.25) is 0 Å². The first-order valence-corrected chi connectivity index (χ1v) is 12.3. The van der Waals surface area contributed by atoms with E-state index in [0.717, 1.165) is 26.5 Å². The predicted octanol–water partition coefficient (Wildman–Crippen LogP) is -6.59. The molecule has 0 spiro atoms. The van der Waals surface area contributed by atoms with Crippen molar-refractivity contribution in [2.24, 2.45) is 0 Å². The first-order valence-electron chi connectivity index (χ1n) is 11.5. The number of aryl methyl sites for hydroxylation is 1. The largest absolute Gasteiger partial charge is 0.403 e. The fourth-order valence-electron chi connectivity index (χ4n) is 4.57. The summed E-state index contributed by atoms with van der Waals surface area (Å²) >= 11 is 1.53. The van der Waals surface area contributed by atoms with Crippen molar-refractivity contribution in [1.82, 2.24) is 25.1 Å². The van der Waals surface area contributed by atoms with Crippen molar-refractivity contribution in [2.75, 3.05) is 11.9 Å². The second kappa shape index (κ2) is 8.31. The lowest BCUT2D eigenvalue weighted by Gasteiger charge is -2.68. The number of nitrogens with one attached hydrogen (secondary N) is 1. The Morgan fingerprint density at radius 2 is 1.71 bits per heavy atom. The maximum atomic E-state index is 13.2. The molecule has 0 atom stereocenters. The number of anilines is 1. The summed E-state index contributed by atoms with van der Waals surface area (Å²) < 4.78 is 6.51. The normalized spacial score (nSPS) is 20.6. The zero-order valence-electron chi connectivity index (χ0n) is 21.5. The van der Waals surface area contributed by atoms with Gasteiger partial charge in [0.25, 0.3) is 0 Å². The Morgan fingerprint density at radius 1 is 1.06 bits per heavy atom. The van der Waals surface area contributed by atoms with E-state index in [9.17, 15) is 4.79 Å². The van der Waals surface area contributed by atoms with E-state index in [1.54, 1.807) is 6.20 Å². The second-order valence-corrected chi connectivity index (χ2v) is 12.2. The van der Waals surface area contributed by atoms with Gasteiger partial charge in [-0.05, 0) is 23.7 Å². The summed E-state index contributed by atoms with van der Waals surface area (Å²) in [4.78, 5) is 24.4. The number of rotatable bonds is 4. The molecule has 1 saturated heterocycles. The van der Waals surface area contributed by atoms with Crippen molar-refractivity contribution in [3.63, 3.8) is 0 Å². The minimum atomic E-state index is -0.453. The van der Waals surface area contributed by atoms with Crippen LogP contribution in [-0.4, -0.2) is 122 Å². The Hall–Kier alpha value is -1.97. The van der Waals surface area contributed by atoms with Gasteiger partial charge in [-0.15, -0.1) is 10.2 Å². The molecule has 8 nitrogen and oxygen atoms in total. The van der Waals surface area contributed by atoms with Gasteiger partial charge in [-0.1, -0.05) is 23.5 Å². The number of carbonyl (C=O) groups excluding carboxylic acids is 1. The number of amides is 1. The molecular formula is C17H26B8N6O2S. The van der Waals surface area contributed by atoms with Crippen molar-refractivity contribution in [1.29, 1.82) is 0 Å². The van der Waals surface area contributed by atoms with Gasteiger partial charge in [-0.25, -0.2) is 9.97 Å². The number of benzene rings is 1. The van der Waals surface area contributed by atoms with Gasteiger partial charge in [0.15, 0.2) is 0 Å². The first kappa shape index (κ1) is 25.1. The summed E-state index contributed by atoms with van der Waals surface area (Å²) in [5.41, 5.74) is 1.68. The molecule has 3 aromatic rings. The fourth-order valence-corrected chi connectivity index (χ4v) is 5.26. The number of ether oxygens (including phenoxy) is 1. The molecule has 0 unspecified atom stereocenters. The number of hydrogen-bond donors (Lipinski definition) is 1. The van der Waals surface area contributed by atoms with Crippen LogP contribution >= 0.6 is 11.3 Å². The molecule has 0 saturated carbocycles. The Kier molecular flexibility index (Phi) is 6.14. The molecule has 1 amide bonds. The van der Waals surface area contributed by atoms with Crippen LogP contribution in [0.5, 0.6) is 0 Å². The van der Waals surface area contributed by atoms with Gasteiger partial charge in [0.2, 0.25) is 11.9 Å². The summed E-state index contributed by atoms with van der Waals surface area (Å²) in [6, 6.07) is 5.89. The Bertz CT molecular complexity index is 1240. The SMILES string of the molecule is BC1(B)OC(B)(B)C(B)(B)N(CC(=O)Nc2ncc3ccc(-c4nnc(C)s4)cc3n2)C1(B)B. The highest BCUT2D eigenvalue weighted by molar-refractivity contribution is 7.14. The quantitative estimate of drug-likeness (QED) is 0.384. The van der Waals surface area contributed by atoms with Gasteiger partial charge in [0, 0.05) is 27.9 Å². The van der Waals surface area contributed by atoms with Crippen LogP contribution in [0.4, 0.5) is 5.95 Å². The van der Waals surface area contributed by atoms with Crippen molar-refractivity contribution in [3.05, 3.63) is 29.4 Å². The number of morpholine rings is 1. The third-order valence-corrected chi connectivity index (χ3v) is 8.60. The number of nitrogens with zero attached hydrogens (tertiary/aromatic N) is 5. The molecule has 0 bridgehead atoms.